The minimum atomic E-state index is -0.763. The Labute approximate surface area is 369 Å². The fourth-order valence-electron chi connectivity index (χ4n) is 8.24. The Morgan fingerprint density at radius 3 is 1.33 bits per heavy atom. The molecule has 0 saturated heterocycles. The van der Waals surface area contributed by atoms with Gasteiger partial charge in [-0.25, -0.2) is 0 Å². The summed E-state index contributed by atoms with van der Waals surface area (Å²) in [6.45, 7) is 5.81. The van der Waals surface area contributed by atoms with Crippen LogP contribution in [0.3, 0.4) is 0 Å². The summed E-state index contributed by atoms with van der Waals surface area (Å²) < 4.78 is 0. The number of fused-ring (bicyclic) bond motifs is 1. The van der Waals surface area contributed by atoms with Crippen LogP contribution in [0, 0.1) is 0 Å². The van der Waals surface area contributed by atoms with Crippen LogP contribution in [0.25, 0.3) is 16.8 Å². The average Bonchev–Trinajstić information content (AvgIpc) is 3.26. The maximum Gasteiger partial charge on any atom is 0.244 e. The predicted molar refractivity (Wildman–Crippen MR) is 259 cm³/mol. The van der Waals surface area contributed by atoms with Crippen LogP contribution in [-0.2, 0) is 14.4 Å². The van der Waals surface area contributed by atoms with E-state index in [0.717, 1.165) is 42.0 Å². The zero-order chi connectivity index (χ0) is 43.0. The molecule has 2 aromatic rings. The van der Waals surface area contributed by atoms with Crippen LogP contribution in [0.1, 0.15) is 238 Å². The number of hydrogen-bond acceptors (Lipinski definition) is 3. The average molecular weight is 830 g/mol. The predicted octanol–water partition coefficient (Wildman–Crippen LogP) is 14.9. The van der Waals surface area contributed by atoms with E-state index in [-0.39, 0.29) is 30.6 Å². The summed E-state index contributed by atoms with van der Waals surface area (Å²) in [5.74, 6) is -0.610. The quantitative estimate of drug-likeness (QED) is 0.0461. The summed E-state index contributed by atoms with van der Waals surface area (Å²) in [5, 5.41) is 11.2. The molecular weight excluding hydrogens is 739 g/mol. The SMILES string of the molecule is CCCCCCCCCCCCCCCCCCNC(=O)CCC(NC(=O)/C=C/c1ccc2ccccc2c1)C(=O)NCCCCCCCCCCCCCCCCCC. The Hall–Kier alpha value is -3.15. The molecular formula is C54H91N3O3. The number of nitrogens with one attached hydrogen (secondary N) is 3. The summed E-state index contributed by atoms with van der Waals surface area (Å²) in [6, 6.07) is 13.4. The van der Waals surface area contributed by atoms with Crippen molar-refractivity contribution in [3.63, 3.8) is 0 Å². The van der Waals surface area contributed by atoms with E-state index < -0.39 is 6.04 Å². The van der Waals surface area contributed by atoms with Gasteiger partial charge in [0.25, 0.3) is 0 Å². The van der Waals surface area contributed by atoms with E-state index in [1.807, 2.05) is 30.3 Å². The third-order valence-electron chi connectivity index (χ3n) is 12.2. The molecule has 2 rings (SSSR count). The molecule has 2 aromatic carbocycles. The van der Waals surface area contributed by atoms with E-state index in [2.05, 4.69) is 41.9 Å². The van der Waals surface area contributed by atoms with Gasteiger partial charge in [-0.3, -0.25) is 14.4 Å². The number of hydrogen-bond donors (Lipinski definition) is 3. The minimum absolute atomic E-state index is 0.0625. The largest absolute Gasteiger partial charge is 0.356 e. The van der Waals surface area contributed by atoms with Gasteiger partial charge in [0, 0.05) is 25.6 Å². The Morgan fingerprint density at radius 2 is 0.883 bits per heavy atom. The second kappa shape index (κ2) is 38.7. The molecule has 6 heteroatoms. The first kappa shape index (κ1) is 53.0. The van der Waals surface area contributed by atoms with Gasteiger partial charge in [0.15, 0.2) is 0 Å². The third-order valence-corrected chi connectivity index (χ3v) is 12.2. The van der Waals surface area contributed by atoms with Gasteiger partial charge in [0.05, 0.1) is 0 Å². The lowest BCUT2D eigenvalue weighted by atomic mass is 10.0. The summed E-state index contributed by atoms with van der Waals surface area (Å²) in [5.41, 5.74) is 0.918. The standard InChI is InChI=1S/C54H91N3O3/c1-3-5-7-9-11-13-15-17-19-21-23-25-27-29-31-35-45-55-52(58)44-42-51(57-53(59)43-40-48-39-41-49-37-33-34-38-50(49)47-48)54(60)56-46-36-32-30-28-26-24-22-20-18-16-14-12-10-8-6-4-2/h33-34,37-41,43,47,51H,3-32,35-36,42,44-46H2,1-2H3,(H,55,58)(H,56,60)(H,57,59)/b43-40+. The molecule has 0 spiro atoms. The fraction of sp³-hybridized carbons (Fsp3) is 0.722. The zero-order valence-corrected chi connectivity index (χ0v) is 39.0. The first-order chi connectivity index (χ1) is 29.5. The van der Waals surface area contributed by atoms with Crippen molar-refractivity contribution in [2.75, 3.05) is 13.1 Å². The Morgan fingerprint density at radius 1 is 0.483 bits per heavy atom. The first-order valence-corrected chi connectivity index (χ1v) is 25.5. The molecule has 3 N–H and O–H groups in total. The van der Waals surface area contributed by atoms with Crippen LogP contribution in [0.15, 0.2) is 48.5 Å². The normalized spacial score (nSPS) is 12.0. The molecule has 3 amide bonds. The summed E-state index contributed by atoms with van der Waals surface area (Å²) >= 11 is 0. The molecule has 1 unspecified atom stereocenters. The van der Waals surface area contributed by atoms with E-state index in [9.17, 15) is 14.4 Å². The summed E-state index contributed by atoms with van der Waals surface area (Å²) in [4.78, 5) is 39.1. The number of benzene rings is 2. The summed E-state index contributed by atoms with van der Waals surface area (Å²) in [6.07, 6.45) is 45.9. The van der Waals surface area contributed by atoms with Gasteiger partial charge in [0.2, 0.25) is 17.7 Å². The highest BCUT2D eigenvalue weighted by molar-refractivity contribution is 5.96. The molecule has 0 aromatic heterocycles. The van der Waals surface area contributed by atoms with E-state index in [1.165, 1.54) is 186 Å². The molecule has 0 radical (unpaired) electrons. The Balaban J connectivity index is 1.62. The molecule has 60 heavy (non-hydrogen) atoms. The van der Waals surface area contributed by atoms with Crippen molar-refractivity contribution in [1.82, 2.24) is 16.0 Å². The van der Waals surface area contributed by atoms with Gasteiger partial charge in [0.1, 0.15) is 6.04 Å². The van der Waals surface area contributed by atoms with E-state index in [1.54, 1.807) is 6.08 Å². The van der Waals surface area contributed by atoms with Crippen molar-refractivity contribution in [2.24, 2.45) is 0 Å². The van der Waals surface area contributed by atoms with E-state index >= 15 is 0 Å². The Kier molecular flexibility index (Phi) is 34.2. The lowest BCUT2D eigenvalue weighted by Gasteiger charge is -2.18. The lowest BCUT2D eigenvalue weighted by Crippen LogP contribution is -2.47. The van der Waals surface area contributed by atoms with Crippen molar-refractivity contribution >= 4 is 34.6 Å². The Bertz CT molecular complexity index is 1370. The van der Waals surface area contributed by atoms with Gasteiger partial charge < -0.3 is 16.0 Å². The number of carbonyl (C=O) groups is 3. The molecule has 6 nitrogen and oxygen atoms in total. The minimum Gasteiger partial charge on any atom is -0.356 e. The van der Waals surface area contributed by atoms with Crippen LogP contribution < -0.4 is 16.0 Å². The van der Waals surface area contributed by atoms with Crippen LogP contribution >= 0.6 is 0 Å². The van der Waals surface area contributed by atoms with Gasteiger partial charge in [-0.05, 0) is 47.7 Å². The molecule has 0 heterocycles. The van der Waals surface area contributed by atoms with Crippen molar-refractivity contribution in [3.05, 3.63) is 54.1 Å². The van der Waals surface area contributed by atoms with Crippen LogP contribution in [0.4, 0.5) is 0 Å². The number of amides is 3. The van der Waals surface area contributed by atoms with Crippen LogP contribution in [-0.4, -0.2) is 36.9 Å². The van der Waals surface area contributed by atoms with Crippen molar-refractivity contribution in [1.29, 1.82) is 0 Å². The summed E-state index contributed by atoms with van der Waals surface area (Å²) in [7, 11) is 0. The second-order valence-electron chi connectivity index (χ2n) is 17.8. The molecule has 0 saturated carbocycles. The van der Waals surface area contributed by atoms with Crippen molar-refractivity contribution in [3.8, 4) is 0 Å². The molecule has 0 aliphatic rings. The number of rotatable bonds is 41. The van der Waals surface area contributed by atoms with Crippen LogP contribution in [0.5, 0.6) is 0 Å². The zero-order valence-electron chi connectivity index (χ0n) is 39.0. The van der Waals surface area contributed by atoms with Crippen LogP contribution in [0.2, 0.25) is 0 Å². The maximum atomic E-state index is 13.3. The van der Waals surface area contributed by atoms with E-state index in [4.69, 9.17) is 0 Å². The van der Waals surface area contributed by atoms with Gasteiger partial charge in [-0.1, -0.05) is 243 Å². The van der Waals surface area contributed by atoms with Crippen molar-refractivity contribution < 1.29 is 14.4 Å². The molecule has 340 valence electrons. The van der Waals surface area contributed by atoms with Gasteiger partial charge in [-0.2, -0.15) is 0 Å². The molecule has 0 bridgehead atoms. The highest BCUT2D eigenvalue weighted by Crippen LogP contribution is 2.18. The highest BCUT2D eigenvalue weighted by atomic mass is 16.2. The topological polar surface area (TPSA) is 87.3 Å². The first-order valence-electron chi connectivity index (χ1n) is 25.5. The monoisotopic (exact) mass is 830 g/mol. The number of carbonyl (C=O) groups excluding carboxylic acids is 3. The fourth-order valence-corrected chi connectivity index (χ4v) is 8.24. The lowest BCUT2D eigenvalue weighted by molar-refractivity contribution is -0.128. The molecule has 0 aliphatic heterocycles. The second-order valence-corrected chi connectivity index (χ2v) is 17.8. The molecule has 0 fully saturated rings. The smallest absolute Gasteiger partial charge is 0.244 e. The third kappa shape index (κ3) is 30.0. The maximum absolute atomic E-state index is 13.3. The molecule has 0 aliphatic carbocycles. The van der Waals surface area contributed by atoms with Gasteiger partial charge in [-0.15, -0.1) is 0 Å². The van der Waals surface area contributed by atoms with E-state index in [0.29, 0.717) is 13.1 Å². The highest BCUT2D eigenvalue weighted by Gasteiger charge is 2.21. The van der Waals surface area contributed by atoms with Crippen molar-refractivity contribution in [2.45, 2.75) is 238 Å². The molecule has 1 atom stereocenters. The van der Waals surface area contributed by atoms with Gasteiger partial charge >= 0.3 is 0 Å². The number of unbranched alkanes of at least 4 members (excludes halogenated alkanes) is 30.